The third-order valence-corrected chi connectivity index (χ3v) is 10.2. The smallest absolute Gasteiger partial charge is 0.0667 e. The van der Waals surface area contributed by atoms with Crippen molar-refractivity contribution in [3.05, 3.63) is 212 Å². The van der Waals surface area contributed by atoms with Crippen LogP contribution >= 0.6 is 0 Å². The lowest BCUT2D eigenvalue weighted by atomic mass is 10.0. The minimum atomic E-state index is -0.875. The molecule has 0 saturated carbocycles. The Morgan fingerprint density at radius 2 is 0.772 bits per heavy atom. The normalized spacial score (nSPS) is 17.0. The van der Waals surface area contributed by atoms with Gasteiger partial charge in [-0.05, 0) is 89.3 Å². The zero-order valence-corrected chi connectivity index (χ0v) is 29.4. The zero-order valence-electron chi connectivity index (χ0n) is 50.4. The summed E-state index contributed by atoms with van der Waals surface area (Å²) < 4.78 is 200. The zero-order chi connectivity index (χ0) is 55.7. The Kier molecular flexibility index (Phi) is 3.81. The van der Waals surface area contributed by atoms with E-state index in [1.54, 1.807) is 66.7 Å². The second kappa shape index (κ2) is 12.5. The van der Waals surface area contributed by atoms with E-state index in [1.165, 1.54) is 9.13 Å². The lowest BCUT2D eigenvalue weighted by Crippen LogP contribution is -1.97. The molecule has 0 bridgehead atoms. The molecule has 9 aromatic carbocycles. The van der Waals surface area contributed by atoms with E-state index in [0.717, 1.165) is 4.57 Å². The fourth-order valence-corrected chi connectivity index (χ4v) is 7.72. The Balaban J connectivity index is 1.26. The number of fused-ring (bicyclic) bond motifs is 9. The summed E-state index contributed by atoms with van der Waals surface area (Å²) in [5.41, 5.74) is -1.62. The fourth-order valence-electron chi connectivity index (χ4n) is 7.72. The number of benzene rings is 9. The highest BCUT2D eigenvalue weighted by Crippen LogP contribution is 2.41. The van der Waals surface area contributed by atoms with Crippen molar-refractivity contribution in [1.82, 2.24) is 13.7 Å². The van der Waals surface area contributed by atoms with Crippen LogP contribution in [0.5, 0.6) is 0 Å². The van der Waals surface area contributed by atoms with Crippen LogP contribution in [0.4, 0.5) is 0 Å². The second-order valence-electron chi connectivity index (χ2n) is 13.3. The van der Waals surface area contributed by atoms with Gasteiger partial charge in [0.1, 0.15) is 0 Å². The van der Waals surface area contributed by atoms with Gasteiger partial charge in [-0.15, -0.1) is 0 Å². The van der Waals surface area contributed by atoms with Gasteiger partial charge in [0.2, 0.25) is 0 Å². The van der Waals surface area contributed by atoms with Crippen LogP contribution in [-0.2, 0) is 0 Å². The van der Waals surface area contributed by atoms with Gasteiger partial charge in [-0.3, -0.25) is 0 Å². The molecule has 0 radical (unpaired) electrons. The first-order valence-electron chi connectivity index (χ1n) is 28.4. The Bertz CT molecular complexity index is 4740. The molecule has 12 rings (SSSR count). The molecule has 0 aliphatic heterocycles. The number of nitrogens with zero attached hydrogens (tertiary/aromatic N) is 3. The lowest BCUT2D eigenvalue weighted by Gasteiger charge is -2.14. The van der Waals surface area contributed by atoms with Crippen LogP contribution in [0.2, 0.25) is 0 Å². The Hall–Kier alpha value is -7.62. The molecule has 0 N–H and O–H groups in total. The van der Waals surface area contributed by atoms with Gasteiger partial charge in [-0.25, -0.2) is 0 Å². The molecule has 266 valence electrons. The van der Waals surface area contributed by atoms with Gasteiger partial charge in [-0.2, -0.15) is 0 Å². The van der Waals surface area contributed by atoms with Crippen LogP contribution in [-0.4, -0.2) is 13.7 Å². The molecule has 12 aromatic rings. The minimum Gasteiger partial charge on any atom is -0.309 e. The summed E-state index contributed by atoms with van der Waals surface area (Å²) >= 11 is 0. The van der Waals surface area contributed by atoms with E-state index in [2.05, 4.69) is 0 Å². The Labute approximate surface area is 359 Å². The molecule has 0 amide bonds. The molecule has 0 atom stereocenters. The van der Waals surface area contributed by atoms with Gasteiger partial charge in [0, 0.05) is 49.3 Å². The van der Waals surface area contributed by atoms with Crippen molar-refractivity contribution in [2.45, 2.75) is 0 Å². The predicted octanol–water partition coefficient (Wildman–Crippen LogP) is 14.3. The van der Waals surface area contributed by atoms with E-state index < -0.39 is 166 Å². The molecule has 3 nitrogen and oxygen atoms in total. The van der Waals surface area contributed by atoms with Gasteiger partial charge in [0.15, 0.2) is 0 Å². The first-order chi connectivity index (χ1) is 37.1. The van der Waals surface area contributed by atoms with Crippen LogP contribution in [0.15, 0.2) is 212 Å². The maximum Gasteiger partial charge on any atom is 0.0667 e. The summed E-state index contributed by atoms with van der Waals surface area (Å²) in [4.78, 5) is 0. The van der Waals surface area contributed by atoms with E-state index >= 15 is 0 Å². The first kappa shape index (κ1) is 17.5. The highest BCUT2D eigenvalue weighted by molar-refractivity contribution is 6.14. The van der Waals surface area contributed by atoms with Crippen molar-refractivity contribution in [2.24, 2.45) is 0 Å². The minimum absolute atomic E-state index is 0.139. The molecular formula is C54H35N3. The van der Waals surface area contributed by atoms with Crippen LogP contribution in [0, 0.1) is 0 Å². The summed E-state index contributed by atoms with van der Waals surface area (Å²) in [7, 11) is 0. The monoisotopic (exact) mass is 746 g/mol. The van der Waals surface area contributed by atoms with Gasteiger partial charge in [-0.1, -0.05) is 139 Å². The van der Waals surface area contributed by atoms with Crippen molar-refractivity contribution in [2.75, 3.05) is 0 Å². The molecule has 3 aromatic heterocycles. The number of hydrogen-bond donors (Lipinski definition) is 0. The molecule has 0 fully saturated rings. The van der Waals surface area contributed by atoms with E-state index in [0.29, 0.717) is 16.8 Å². The maximum atomic E-state index is 10.1. The van der Waals surface area contributed by atoms with Crippen molar-refractivity contribution in [1.29, 1.82) is 0 Å². The Morgan fingerprint density at radius 1 is 0.298 bits per heavy atom. The molecule has 0 unspecified atom stereocenters. The average Bonchev–Trinajstić information content (AvgIpc) is 4.11. The van der Waals surface area contributed by atoms with Crippen molar-refractivity contribution < 1.29 is 28.8 Å². The molecular weight excluding hydrogens is 691 g/mol. The van der Waals surface area contributed by atoms with Crippen molar-refractivity contribution in [3.63, 3.8) is 0 Å². The number of aromatic nitrogens is 3. The van der Waals surface area contributed by atoms with Crippen LogP contribution in [0.3, 0.4) is 0 Å². The summed E-state index contributed by atoms with van der Waals surface area (Å²) in [5, 5.41) is -1.79. The van der Waals surface area contributed by atoms with Gasteiger partial charge in [0.05, 0.1) is 67.6 Å². The lowest BCUT2D eigenvalue weighted by molar-refractivity contribution is 1.15. The molecule has 3 heterocycles. The largest absolute Gasteiger partial charge is 0.309 e. The number of rotatable bonds is 5. The topological polar surface area (TPSA) is 14.8 Å². The highest BCUT2D eigenvalue weighted by Gasteiger charge is 2.19. The second-order valence-corrected chi connectivity index (χ2v) is 13.3. The SMILES string of the molecule is [2H]c1c([2H])c([2H])c2c(c1[2H])c1c([2H])c([2H])c(-n3c4c([2H])c([2H])c([2H])c([2H])c4c4c([2H])c(-c5c([2H])c([2H])c6c(c5[2H])c5c([2H])c([2H])c([2H])c([2H])c5n6-c5ccccc5-c5ccccc5)c([2H])c([2H])c43)c([2H])c1n2-c1ccccc1. The molecule has 0 saturated heterocycles. The highest BCUT2D eigenvalue weighted by atomic mass is 15.0. The number of para-hydroxylation sites is 5. The molecule has 57 heavy (non-hydrogen) atoms. The number of hydrogen-bond acceptors (Lipinski definition) is 0. The van der Waals surface area contributed by atoms with Gasteiger partial charge >= 0.3 is 0 Å². The van der Waals surface area contributed by atoms with Crippen LogP contribution in [0.1, 0.15) is 28.8 Å². The predicted molar refractivity (Wildman–Crippen MR) is 240 cm³/mol. The van der Waals surface area contributed by atoms with E-state index in [-0.39, 0.29) is 49.3 Å². The van der Waals surface area contributed by atoms with Gasteiger partial charge < -0.3 is 13.7 Å². The standard InChI is InChI=1S/C54H35N3/c1-3-15-36(16-4-1)41-19-7-11-23-48(41)57-51-26-14-10-22-44(51)47-34-38(28-32-53(47)57)37-27-31-52-46(33-37)43-21-9-13-25-50(43)56(52)40-29-30-45-42-20-8-12-24-49(42)55(54(45)35-40)39-17-5-2-6-18-39/h1-35H/i8D,9D,10D,12D,13D,14D,20D,21D,22D,24D,25D,26D,27D,28D,29D,30D,31D,32D,33D,34D,35D. The van der Waals surface area contributed by atoms with Crippen LogP contribution in [0.25, 0.3) is 105 Å². The van der Waals surface area contributed by atoms with E-state index in [4.69, 9.17) is 11.0 Å². The Morgan fingerprint density at radius 3 is 1.42 bits per heavy atom. The third kappa shape index (κ3) is 4.79. The summed E-state index contributed by atoms with van der Waals surface area (Å²) in [5.74, 6) is 0. The van der Waals surface area contributed by atoms with Crippen molar-refractivity contribution >= 4 is 65.4 Å². The third-order valence-electron chi connectivity index (χ3n) is 10.2. The summed E-state index contributed by atoms with van der Waals surface area (Å²) in [6.07, 6.45) is 0. The van der Waals surface area contributed by atoms with E-state index in [1.807, 2.05) is 18.2 Å². The van der Waals surface area contributed by atoms with Crippen molar-refractivity contribution in [3.8, 4) is 39.3 Å². The van der Waals surface area contributed by atoms with E-state index in [9.17, 15) is 17.8 Å². The molecule has 0 aliphatic carbocycles. The summed E-state index contributed by atoms with van der Waals surface area (Å²) in [6.45, 7) is 0. The maximum absolute atomic E-state index is 10.1. The van der Waals surface area contributed by atoms with Gasteiger partial charge in [0.25, 0.3) is 0 Å². The van der Waals surface area contributed by atoms with Crippen LogP contribution < -0.4 is 0 Å². The average molecular weight is 747 g/mol. The molecule has 0 spiro atoms. The quantitative estimate of drug-likeness (QED) is 0.167. The molecule has 0 aliphatic rings. The summed E-state index contributed by atoms with van der Waals surface area (Å²) in [6, 6.07) is 9.47. The first-order valence-corrected chi connectivity index (χ1v) is 17.9. The molecule has 3 heteroatoms. The fraction of sp³-hybridized carbons (Fsp3) is 0.